The molecule has 1 fully saturated rings. The maximum Gasteiger partial charge on any atom is 0.322 e. The Hall–Kier alpha value is -1.93. The zero-order chi connectivity index (χ0) is 15.0. The lowest BCUT2D eigenvalue weighted by Gasteiger charge is -2.20. The Morgan fingerprint density at radius 2 is 2.19 bits per heavy atom. The van der Waals surface area contributed by atoms with E-state index in [1.54, 1.807) is 24.3 Å². The Kier molecular flexibility index (Phi) is 3.42. The molecule has 1 aliphatic rings. The smallest absolute Gasteiger partial charge is 0.322 e. The third-order valence-electron chi connectivity index (χ3n) is 3.62. The van der Waals surface area contributed by atoms with Crippen molar-refractivity contribution in [3.05, 3.63) is 30.0 Å². The summed E-state index contributed by atoms with van der Waals surface area (Å²) in [6.45, 7) is 0.231. The Labute approximate surface area is 121 Å². The van der Waals surface area contributed by atoms with Crippen molar-refractivity contribution in [3.63, 3.8) is 0 Å². The van der Waals surface area contributed by atoms with Gasteiger partial charge in [0.1, 0.15) is 17.5 Å². The number of rotatable bonds is 4. The van der Waals surface area contributed by atoms with E-state index in [1.165, 1.54) is 0 Å². The number of carbonyl (C=O) groups is 1. The quantitative estimate of drug-likeness (QED) is 0.911. The summed E-state index contributed by atoms with van der Waals surface area (Å²) < 4.78 is 31.0. The minimum atomic E-state index is -3.74. The molecule has 1 aromatic heterocycles. The van der Waals surface area contributed by atoms with Crippen molar-refractivity contribution in [1.29, 1.82) is 0 Å². The van der Waals surface area contributed by atoms with Gasteiger partial charge in [-0.15, -0.1) is 0 Å². The highest BCUT2D eigenvalue weighted by Crippen LogP contribution is 2.26. The number of benzene rings is 1. The number of fused-ring (bicyclic) bond motifs is 1. The van der Waals surface area contributed by atoms with Crippen molar-refractivity contribution in [1.82, 2.24) is 9.46 Å². The Morgan fingerprint density at radius 3 is 2.95 bits per heavy atom. The first-order valence-electron chi connectivity index (χ1n) is 6.54. The fraction of sp³-hybridized carbons (Fsp3) is 0.385. The summed E-state index contributed by atoms with van der Waals surface area (Å²) in [5.41, 5.74) is 0.820. The third-order valence-corrected chi connectivity index (χ3v) is 5.41. The summed E-state index contributed by atoms with van der Waals surface area (Å²) >= 11 is 0. The van der Waals surface area contributed by atoms with Gasteiger partial charge in [-0.05, 0) is 25.0 Å². The molecule has 0 amide bonds. The van der Waals surface area contributed by atoms with Crippen LogP contribution in [0.25, 0.3) is 11.0 Å². The zero-order valence-electron chi connectivity index (χ0n) is 11.1. The number of carboxylic acid groups (broad SMARTS) is 1. The fourth-order valence-electron chi connectivity index (χ4n) is 2.62. The molecule has 1 atom stereocenters. The Bertz CT molecular complexity index is 783. The second-order valence-corrected chi connectivity index (χ2v) is 6.91. The molecule has 21 heavy (non-hydrogen) atoms. The molecule has 2 aromatic rings. The molecule has 7 nitrogen and oxygen atoms in total. The van der Waals surface area contributed by atoms with Crippen LogP contribution >= 0.6 is 0 Å². The lowest BCUT2D eigenvalue weighted by atomic mass is 10.2. The molecule has 3 rings (SSSR count). The van der Waals surface area contributed by atoms with Crippen molar-refractivity contribution < 1.29 is 22.8 Å². The molecule has 1 N–H and O–H groups in total. The predicted octanol–water partition coefficient (Wildman–Crippen LogP) is 1.21. The molecular weight excluding hydrogens is 296 g/mol. The van der Waals surface area contributed by atoms with Crippen LogP contribution < -0.4 is 0 Å². The summed E-state index contributed by atoms with van der Waals surface area (Å²) in [6, 6.07) is 6.00. The van der Waals surface area contributed by atoms with Gasteiger partial charge in [-0.25, -0.2) is 8.42 Å². The average molecular weight is 310 g/mol. The normalized spacial score (nSPS) is 20.1. The number of aliphatic carboxylic acids is 1. The van der Waals surface area contributed by atoms with E-state index in [9.17, 15) is 13.2 Å². The monoisotopic (exact) mass is 310 g/mol. The number of para-hydroxylation sites is 1. The van der Waals surface area contributed by atoms with Crippen LogP contribution in [-0.4, -0.2) is 41.5 Å². The minimum absolute atomic E-state index is 0.231. The minimum Gasteiger partial charge on any atom is -0.480 e. The second-order valence-electron chi connectivity index (χ2n) is 4.99. The first kappa shape index (κ1) is 14.0. The van der Waals surface area contributed by atoms with Crippen molar-refractivity contribution >= 4 is 27.0 Å². The van der Waals surface area contributed by atoms with Gasteiger partial charge in [-0.2, -0.15) is 4.31 Å². The highest BCUT2D eigenvalue weighted by atomic mass is 32.2. The van der Waals surface area contributed by atoms with Crippen molar-refractivity contribution in [2.75, 3.05) is 6.54 Å². The molecule has 8 heteroatoms. The van der Waals surface area contributed by atoms with Crippen LogP contribution in [0.3, 0.4) is 0 Å². The number of hydrogen-bond donors (Lipinski definition) is 1. The maximum atomic E-state index is 12.4. The molecule has 0 aliphatic carbocycles. The van der Waals surface area contributed by atoms with E-state index in [0.29, 0.717) is 29.5 Å². The molecule has 0 bridgehead atoms. The number of aromatic nitrogens is 1. The number of carboxylic acids is 1. The maximum absolute atomic E-state index is 12.4. The molecule has 1 saturated heterocycles. The summed E-state index contributed by atoms with van der Waals surface area (Å²) in [4.78, 5) is 11.1. The summed E-state index contributed by atoms with van der Waals surface area (Å²) in [5.74, 6) is -1.46. The van der Waals surface area contributed by atoms with E-state index in [0.717, 1.165) is 4.31 Å². The lowest BCUT2D eigenvalue weighted by molar-refractivity contribution is -0.140. The van der Waals surface area contributed by atoms with Crippen LogP contribution in [0.2, 0.25) is 0 Å². The van der Waals surface area contributed by atoms with Crippen LogP contribution in [0.15, 0.2) is 28.8 Å². The Balaban J connectivity index is 1.91. The predicted molar refractivity (Wildman–Crippen MR) is 74.0 cm³/mol. The first-order valence-corrected chi connectivity index (χ1v) is 8.15. The molecule has 0 spiro atoms. The van der Waals surface area contributed by atoms with E-state index < -0.39 is 22.0 Å². The molecule has 1 aliphatic heterocycles. The molecule has 0 unspecified atom stereocenters. The molecule has 0 radical (unpaired) electrons. The van der Waals surface area contributed by atoms with Gasteiger partial charge < -0.3 is 9.63 Å². The van der Waals surface area contributed by atoms with Crippen LogP contribution in [0.4, 0.5) is 0 Å². The van der Waals surface area contributed by atoms with Gasteiger partial charge in [0, 0.05) is 11.9 Å². The molecule has 112 valence electrons. The summed E-state index contributed by atoms with van der Waals surface area (Å²) in [7, 11) is -3.74. The number of nitrogens with zero attached hydrogens (tertiary/aromatic N) is 2. The topological polar surface area (TPSA) is 101 Å². The molecular formula is C13H14N2O5S. The SMILES string of the molecule is O=C(O)[C@@H]1CCCN1S(=O)(=O)Cc1noc2ccccc12. The first-order chi connectivity index (χ1) is 9.99. The lowest BCUT2D eigenvalue weighted by Crippen LogP contribution is -2.41. The average Bonchev–Trinajstić information content (AvgIpc) is 3.06. The standard InChI is InChI=1S/C13H14N2O5S/c16-13(17)11-5-3-7-15(11)21(18,19)8-10-9-4-1-2-6-12(9)20-14-10/h1-2,4,6,11H,3,5,7-8H2,(H,16,17)/t11-/m0/s1. The van der Waals surface area contributed by atoms with Gasteiger partial charge in [0.05, 0.1) is 0 Å². The molecule has 1 aromatic carbocycles. The Morgan fingerprint density at radius 1 is 1.43 bits per heavy atom. The van der Waals surface area contributed by atoms with E-state index in [2.05, 4.69) is 5.16 Å². The van der Waals surface area contributed by atoms with Gasteiger partial charge in [0.25, 0.3) is 0 Å². The highest BCUT2D eigenvalue weighted by Gasteiger charge is 2.39. The van der Waals surface area contributed by atoms with Gasteiger partial charge >= 0.3 is 5.97 Å². The molecule has 2 heterocycles. The van der Waals surface area contributed by atoms with Gasteiger partial charge in [-0.1, -0.05) is 17.3 Å². The van der Waals surface area contributed by atoms with Crippen molar-refractivity contribution in [3.8, 4) is 0 Å². The van der Waals surface area contributed by atoms with E-state index in [4.69, 9.17) is 9.63 Å². The van der Waals surface area contributed by atoms with E-state index in [1.807, 2.05) is 0 Å². The van der Waals surface area contributed by atoms with Gasteiger partial charge in [0.2, 0.25) is 10.0 Å². The van der Waals surface area contributed by atoms with Gasteiger partial charge in [0.15, 0.2) is 5.58 Å². The van der Waals surface area contributed by atoms with Crippen LogP contribution in [0.1, 0.15) is 18.5 Å². The van der Waals surface area contributed by atoms with Crippen LogP contribution in [0.5, 0.6) is 0 Å². The highest BCUT2D eigenvalue weighted by molar-refractivity contribution is 7.88. The van der Waals surface area contributed by atoms with Crippen LogP contribution in [0, 0.1) is 0 Å². The number of hydrogen-bond acceptors (Lipinski definition) is 5. The summed E-state index contributed by atoms with van der Waals surface area (Å²) in [6.07, 6.45) is 0.893. The fourth-order valence-corrected chi connectivity index (χ4v) is 4.33. The van der Waals surface area contributed by atoms with Gasteiger partial charge in [-0.3, -0.25) is 4.79 Å². The van der Waals surface area contributed by atoms with Crippen molar-refractivity contribution in [2.24, 2.45) is 0 Å². The molecule has 0 saturated carbocycles. The van der Waals surface area contributed by atoms with Crippen molar-refractivity contribution in [2.45, 2.75) is 24.6 Å². The third kappa shape index (κ3) is 2.52. The number of sulfonamides is 1. The largest absolute Gasteiger partial charge is 0.480 e. The zero-order valence-corrected chi connectivity index (χ0v) is 11.9. The summed E-state index contributed by atoms with van der Waals surface area (Å²) in [5, 5.41) is 13.5. The van der Waals surface area contributed by atoms with E-state index >= 15 is 0 Å². The van der Waals surface area contributed by atoms with Crippen LogP contribution in [-0.2, 0) is 20.6 Å². The second kappa shape index (κ2) is 5.12. The van der Waals surface area contributed by atoms with E-state index in [-0.39, 0.29) is 12.3 Å².